The Bertz CT molecular complexity index is 552. The van der Waals surface area contributed by atoms with Gasteiger partial charge in [-0.15, -0.1) is 0 Å². The molecule has 0 saturated carbocycles. The Morgan fingerprint density at radius 3 is 2.62 bits per heavy atom. The molecule has 1 aromatic heterocycles. The van der Waals surface area contributed by atoms with Crippen LogP contribution >= 0.6 is 0 Å². The molecule has 2 N–H and O–H groups in total. The molecule has 0 aliphatic rings. The number of hydrogen-bond acceptors (Lipinski definition) is 3. The number of carbonyl (C=O) groups excluding carboxylic acids is 1. The van der Waals surface area contributed by atoms with E-state index in [-0.39, 0.29) is 5.91 Å². The van der Waals surface area contributed by atoms with E-state index >= 15 is 0 Å². The Hall–Kier alpha value is -2.36. The molecule has 0 fully saturated rings. The van der Waals surface area contributed by atoms with Crippen LogP contribution in [0.2, 0.25) is 0 Å². The van der Waals surface area contributed by atoms with Crippen molar-refractivity contribution in [3.8, 4) is 0 Å². The highest BCUT2D eigenvalue weighted by atomic mass is 16.1. The first-order valence-corrected chi connectivity index (χ1v) is 7.27. The predicted octanol–water partition coefficient (Wildman–Crippen LogP) is 2.76. The Balaban J connectivity index is 1.66. The summed E-state index contributed by atoms with van der Waals surface area (Å²) in [4.78, 5) is 15.9. The van der Waals surface area contributed by atoms with Gasteiger partial charge in [0.05, 0.1) is 12.2 Å². The third-order valence-corrected chi connectivity index (χ3v) is 3.24. The van der Waals surface area contributed by atoms with Crippen molar-refractivity contribution in [2.24, 2.45) is 0 Å². The first-order chi connectivity index (χ1) is 10.3. The molecule has 0 spiro atoms. The predicted molar refractivity (Wildman–Crippen MR) is 85.0 cm³/mol. The SMILES string of the molecule is CCc1ccc(NCCC(=O)NCc2ccccn2)cc1. The first kappa shape index (κ1) is 15.0. The van der Waals surface area contributed by atoms with Crippen molar-refractivity contribution in [2.45, 2.75) is 26.3 Å². The van der Waals surface area contributed by atoms with Gasteiger partial charge >= 0.3 is 0 Å². The number of aryl methyl sites for hydroxylation is 1. The number of nitrogens with one attached hydrogen (secondary N) is 2. The van der Waals surface area contributed by atoms with Crippen molar-refractivity contribution in [3.05, 3.63) is 59.9 Å². The van der Waals surface area contributed by atoms with Crippen LogP contribution in [0, 0.1) is 0 Å². The van der Waals surface area contributed by atoms with E-state index < -0.39 is 0 Å². The first-order valence-electron chi connectivity index (χ1n) is 7.27. The summed E-state index contributed by atoms with van der Waals surface area (Å²) < 4.78 is 0. The number of amides is 1. The third kappa shape index (κ3) is 5.26. The fourth-order valence-electron chi connectivity index (χ4n) is 1.96. The smallest absolute Gasteiger partial charge is 0.222 e. The van der Waals surface area contributed by atoms with E-state index in [2.05, 4.69) is 34.7 Å². The molecule has 4 nitrogen and oxygen atoms in total. The van der Waals surface area contributed by atoms with E-state index in [1.807, 2.05) is 30.3 Å². The number of hydrogen-bond donors (Lipinski definition) is 2. The maximum absolute atomic E-state index is 11.7. The highest BCUT2D eigenvalue weighted by Gasteiger charge is 2.01. The van der Waals surface area contributed by atoms with Gasteiger partial charge in [0, 0.05) is 24.8 Å². The van der Waals surface area contributed by atoms with Gasteiger partial charge in [0.15, 0.2) is 0 Å². The molecule has 2 rings (SSSR count). The van der Waals surface area contributed by atoms with Gasteiger partial charge in [0.25, 0.3) is 0 Å². The molecule has 1 aromatic carbocycles. The van der Waals surface area contributed by atoms with Gasteiger partial charge in [-0.25, -0.2) is 0 Å². The normalized spacial score (nSPS) is 10.1. The minimum Gasteiger partial charge on any atom is -0.385 e. The summed E-state index contributed by atoms with van der Waals surface area (Å²) in [6.07, 6.45) is 3.21. The van der Waals surface area contributed by atoms with Crippen LogP contribution in [-0.4, -0.2) is 17.4 Å². The van der Waals surface area contributed by atoms with Crippen LogP contribution in [-0.2, 0) is 17.8 Å². The second-order valence-corrected chi connectivity index (χ2v) is 4.83. The number of benzene rings is 1. The highest BCUT2D eigenvalue weighted by Crippen LogP contribution is 2.09. The van der Waals surface area contributed by atoms with E-state index in [0.29, 0.717) is 19.5 Å². The van der Waals surface area contributed by atoms with Crippen molar-refractivity contribution >= 4 is 11.6 Å². The standard InChI is InChI=1S/C17H21N3O/c1-2-14-6-8-15(9-7-14)19-12-10-17(21)20-13-16-5-3-4-11-18-16/h3-9,11,19H,2,10,12-13H2,1H3,(H,20,21). The Kier molecular flexibility index (Phi) is 5.76. The second kappa shape index (κ2) is 8.04. The lowest BCUT2D eigenvalue weighted by atomic mass is 10.1. The van der Waals surface area contributed by atoms with Crippen LogP contribution in [0.3, 0.4) is 0 Å². The zero-order valence-corrected chi connectivity index (χ0v) is 12.3. The average molecular weight is 283 g/mol. The van der Waals surface area contributed by atoms with Crippen LogP contribution in [0.5, 0.6) is 0 Å². The Labute approximate surface area is 125 Å². The molecule has 0 unspecified atom stereocenters. The lowest BCUT2D eigenvalue weighted by molar-refractivity contribution is -0.121. The number of aromatic nitrogens is 1. The molecular formula is C17H21N3O. The van der Waals surface area contributed by atoms with Gasteiger partial charge in [0.1, 0.15) is 0 Å². The molecule has 0 aliphatic heterocycles. The van der Waals surface area contributed by atoms with Crippen LogP contribution in [0.1, 0.15) is 24.6 Å². The van der Waals surface area contributed by atoms with Crippen molar-refractivity contribution in [2.75, 3.05) is 11.9 Å². The van der Waals surface area contributed by atoms with Gasteiger partial charge in [-0.2, -0.15) is 0 Å². The minimum absolute atomic E-state index is 0.0262. The van der Waals surface area contributed by atoms with Gasteiger partial charge in [-0.05, 0) is 36.2 Å². The monoisotopic (exact) mass is 283 g/mol. The number of rotatable bonds is 7. The quantitative estimate of drug-likeness (QED) is 0.821. The van der Waals surface area contributed by atoms with Gasteiger partial charge in [-0.1, -0.05) is 25.1 Å². The Morgan fingerprint density at radius 1 is 1.14 bits per heavy atom. The molecule has 0 radical (unpaired) electrons. The molecule has 1 heterocycles. The fourth-order valence-corrected chi connectivity index (χ4v) is 1.96. The second-order valence-electron chi connectivity index (χ2n) is 4.83. The van der Waals surface area contributed by atoms with Crippen LogP contribution in [0.4, 0.5) is 5.69 Å². The molecule has 4 heteroatoms. The molecule has 2 aromatic rings. The van der Waals surface area contributed by atoms with Crippen LogP contribution in [0.15, 0.2) is 48.7 Å². The molecule has 0 bridgehead atoms. The largest absolute Gasteiger partial charge is 0.385 e. The van der Waals surface area contributed by atoms with E-state index in [1.54, 1.807) is 6.20 Å². The fraction of sp³-hybridized carbons (Fsp3) is 0.294. The minimum atomic E-state index is 0.0262. The summed E-state index contributed by atoms with van der Waals surface area (Å²) in [5.41, 5.74) is 3.23. The van der Waals surface area contributed by atoms with E-state index in [9.17, 15) is 4.79 Å². The molecule has 0 atom stereocenters. The Morgan fingerprint density at radius 2 is 1.95 bits per heavy atom. The average Bonchev–Trinajstić information content (AvgIpc) is 2.54. The van der Waals surface area contributed by atoms with Crippen molar-refractivity contribution in [3.63, 3.8) is 0 Å². The van der Waals surface area contributed by atoms with Gasteiger partial charge in [-0.3, -0.25) is 9.78 Å². The summed E-state index contributed by atoms with van der Waals surface area (Å²) in [6, 6.07) is 14.0. The maximum Gasteiger partial charge on any atom is 0.222 e. The van der Waals surface area contributed by atoms with Crippen LogP contribution < -0.4 is 10.6 Å². The van der Waals surface area contributed by atoms with Crippen molar-refractivity contribution in [1.82, 2.24) is 10.3 Å². The molecule has 21 heavy (non-hydrogen) atoms. The highest BCUT2D eigenvalue weighted by molar-refractivity contribution is 5.76. The molecule has 1 amide bonds. The molecule has 0 saturated heterocycles. The van der Waals surface area contributed by atoms with E-state index in [1.165, 1.54) is 5.56 Å². The zero-order chi connectivity index (χ0) is 14.9. The summed E-state index contributed by atoms with van der Waals surface area (Å²) in [7, 11) is 0. The lowest BCUT2D eigenvalue weighted by Gasteiger charge is -2.08. The number of nitrogens with zero attached hydrogens (tertiary/aromatic N) is 1. The van der Waals surface area contributed by atoms with E-state index in [4.69, 9.17) is 0 Å². The van der Waals surface area contributed by atoms with Gasteiger partial charge in [0.2, 0.25) is 5.91 Å². The van der Waals surface area contributed by atoms with Gasteiger partial charge < -0.3 is 10.6 Å². The van der Waals surface area contributed by atoms with E-state index in [0.717, 1.165) is 17.8 Å². The zero-order valence-electron chi connectivity index (χ0n) is 12.3. The van der Waals surface area contributed by atoms with Crippen molar-refractivity contribution in [1.29, 1.82) is 0 Å². The summed E-state index contributed by atoms with van der Waals surface area (Å²) >= 11 is 0. The van der Waals surface area contributed by atoms with Crippen molar-refractivity contribution < 1.29 is 4.79 Å². The topological polar surface area (TPSA) is 54.0 Å². The maximum atomic E-state index is 11.7. The summed E-state index contributed by atoms with van der Waals surface area (Å²) in [5.74, 6) is 0.0262. The molecule has 0 aliphatic carbocycles. The number of anilines is 1. The summed E-state index contributed by atoms with van der Waals surface area (Å²) in [6.45, 7) is 3.23. The lowest BCUT2D eigenvalue weighted by Crippen LogP contribution is -2.25. The molecule has 110 valence electrons. The molecular weight excluding hydrogens is 262 g/mol. The van der Waals surface area contributed by atoms with Crippen LogP contribution in [0.25, 0.3) is 0 Å². The summed E-state index contributed by atoms with van der Waals surface area (Å²) in [5, 5.41) is 6.11. The number of pyridine rings is 1. The number of carbonyl (C=O) groups is 1. The third-order valence-electron chi connectivity index (χ3n) is 3.24.